The van der Waals surface area contributed by atoms with Crippen molar-refractivity contribution in [1.82, 2.24) is 24.9 Å². The van der Waals surface area contributed by atoms with Crippen molar-refractivity contribution in [3.05, 3.63) is 212 Å². The molecule has 9 aromatic carbocycles. The Hall–Kier alpha value is -8.61. The van der Waals surface area contributed by atoms with Crippen LogP contribution >= 0.6 is 0 Å². The summed E-state index contributed by atoms with van der Waals surface area (Å²) in [5.74, 6) is 2.42. The highest BCUT2D eigenvalue weighted by molar-refractivity contribution is 6.10. The van der Waals surface area contributed by atoms with Gasteiger partial charge in [-0.05, 0) is 81.2 Å². The lowest BCUT2D eigenvalue weighted by Crippen LogP contribution is -2.00. The maximum absolute atomic E-state index is 6.45. The van der Waals surface area contributed by atoms with Gasteiger partial charge in [0.15, 0.2) is 23.3 Å². The Bertz CT molecular complexity index is 3690. The molecule has 0 bridgehead atoms. The van der Waals surface area contributed by atoms with E-state index in [4.69, 9.17) is 29.3 Å². The molecule has 12 rings (SSSR count). The van der Waals surface area contributed by atoms with Crippen LogP contribution in [-0.4, -0.2) is 24.9 Å². The maximum atomic E-state index is 6.45. The van der Waals surface area contributed by atoms with E-state index in [0.29, 0.717) is 23.3 Å². The summed E-state index contributed by atoms with van der Waals surface area (Å²) in [7, 11) is 0. The van der Waals surface area contributed by atoms with Gasteiger partial charge in [-0.1, -0.05) is 164 Å². The zero-order chi connectivity index (χ0) is 41.7. The largest absolute Gasteiger partial charge is 0.456 e. The van der Waals surface area contributed by atoms with E-state index in [-0.39, 0.29) is 0 Å². The third-order valence-electron chi connectivity index (χ3n) is 11.7. The van der Waals surface area contributed by atoms with Crippen molar-refractivity contribution in [2.45, 2.75) is 0 Å². The Labute approximate surface area is 362 Å². The minimum absolute atomic E-state index is 0.568. The van der Waals surface area contributed by atoms with Crippen molar-refractivity contribution in [1.29, 1.82) is 0 Å². The van der Waals surface area contributed by atoms with Crippen LogP contribution in [0.1, 0.15) is 0 Å². The van der Waals surface area contributed by atoms with Crippen LogP contribution in [0.3, 0.4) is 0 Å². The summed E-state index contributed by atoms with van der Waals surface area (Å²) in [5.41, 5.74) is 11.0. The number of fused-ring (bicyclic) bond motifs is 5. The lowest BCUT2D eigenvalue weighted by Gasteiger charge is -2.12. The minimum Gasteiger partial charge on any atom is -0.456 e. The number of furan rings is 1. The maximum Gasteiger partial charge on any atom is 0.164 e. The molecule has 294 valence electrons. The molecule has 0 radical (unpaired) electrons. The molecule has 0 N–H and O–H groups in total. The normalized spacial score (nSPS) is 11.5. The molecule has 0 unspecified atom stereocenters. The van der Waals surface area contributed by atoms with Crippen LogP contribution in [0.2, 0.25) is 0 Å². The summed E-state index contributed by atoms with van der Waals surface area (Å²) >= 11 is 0. The average molecular weight is 806 g/mol. The number of nitrogens with zero attached hydrogens (tertiary/aromatic N) is 5. The van der Waals surface area contributed by atoms with Crippen molar-refractivity contribution in [2.75, 3.05) is 0 Å². The first kappa shape index (κ1) is 36.3. The highest BCUT2D eigenvalue weighted by Gasteiger charge is 2.17. The predicted molar refractivity (Wildman–Crippen MR) is 256 cm³/mol. The van der Waals surface area contributed by atoms with E-state index in [0.717, 1.165) is 83.2 Å². The molecular weight excluding hydrogens is 771 g/mol. The van der Waals surface area contributed by atoms with E-state index in [1.165, 1.54) is 16.2 Å². The molecule has 0 saturated heterocycles. The average Bonchev–Trinajstić information content (AvgIpc) is 3.72. The molecule has 0 atom stereocenters. The van der Waals surface area contributed by atoms with Crippen LogP contribution in [0.15, 0.2) is 217 Å². The number of benzene rings is 9. The second-order valence-corrected chi connectivity index (χ2v) is 15.7. The van der Waals surface area contributed by atoms with Crippen LogP contribution in [0, 0.1) is 0 Å². The first-order valence-electron chi connectivity index (χ1n) is 21.0. The van der Waals surface area contributed by atoms with Gasteiger partial charge in [0.05, 0.1) is 11.4 Å². The molecule has 0 amide bonds. The van der Waals surface area contributed by atoms with Gasteiger partial charge in [-0.3, -0.25) is 0 Å². The van der Waals surface area contributed by atoms with Gasteiger partial charge >= 0.3 is 0 Å². The second kappa shape index (κ2) is 15.1. The van der Waals surface area contributed by atoms with E-state index in [1.807, 2.05) is 54.6 Å². The molecule has 6 heteroatoms. The zero-order valence-electron chi connectivity index (χ0n) is 33.9. The standard InChI is InChI=1S/C57H35N5O/c1-3-14-37(15-4-1)54-58-50(35-51(59-54)45-26-25-36-13-7-8-18-39(36)29-45)44-23-11-21-40(30-44)41-22-12-24-46(31-41)56-60-55(38-16-5-2-6-17-38)61-57(62-56)47-27-28-48-49-32-42-19-9-10-20-43(42)33-53(49)63-52(48)34-47/h1-35H. The van der Waals surface area contributed by atoms with Crippen LogP contribution in [0.25, 0.3) is 123 Å². The molecule has 0 aliphatic rings. The summed E-state index contributed by atoms with van der Waals surface area (Å²) in [6.45, 7) is 0. The van der Waals surface area contributed by atoms with Crippen molar-refractivity contribution < 1.29 is 4.42 Å². The number of aromatic nitrogens is 5. The van der Waals surface area contributed by atoms with Crippen LogP contribution in [0.5, 0.6) is 0 Å². The molecule has 0 fully saturated rings. The molecule has 3 heterocycles. The van der Waals surface area contributed by atoms with E-state index in [2.05, 4.69) is 158 Å². The first-order valence-corrected chi connectivity index (χ1v) is 21.0. The van der Waals surface area contributed by atoms with E-state index < -0.39 is 0 Å². The van der Waals surface area contributed by atoms with Crippen LogP contribution in [-0.2, 0) is 0 Å². The number of rotatable bonds is 7. The van der Waals surface area contributed by atoms with Crippen LogP contribution < -0.4 is 0 Å². The lowest BCUT2D eigenvalue weighted by atomic mass is 9.98. The third-order valence-corrected chi connectivity index (χ3v) is 11.7. The fraction of sp³-hybridized carbons (Fsp3) is 0. The molecule has 0 saturated carbocycles. The van der Waals surface area contributed by atoms with Gasteiger partial charge in [-0.15, -0.1) is 0 Å². The quantitative estimate of drug-likeness (QED) is 0.160. The Kier molecular flexibility index (Phi) is 8.71. The van der Waals surface area contributed by atoms with Gasteiger partial charge in [-0.2, -0.15) is 0 Å². The monoisotopic (exact) mass is 805 g/mol. The first-order chi connectivity index (χ1) is 31.1. The molecule has 6 nitrogen and oxygen atoms in total. The fourth-order valence-electron chi connectivity index (χ4n) is 8.46. The van der Waals surface area contributed by atoms with Gasteiger partial charge in [0.1, 0.15) is 11.2 Å². The molecule has 0 aliphatic heterocycles. The topological polar surface area (TPSA) is 77.6 Å². The van der Waals surface area contributed by atoms with E-state index >= 15 is 0 Å². The third kappa shape index (κ3) is 6.86. The Morgan fingerprint density at radius 2 is 0.683 bits per heavy atom. The second-order valence-electron chi connectivity index (χ2n) is 15.7. The van der Waals surface area contributed by atoms with E-state index in [1.54, 1.807) is 0 Å². The SMILES string of the molecule is c1ccc(-c2nc(-c3cccc(-c4cccc(-c5nc(-c6ccccc6)nc(-c6ccc7c(c6)oc6cc8ccccc8cc67)n5)c4)c3)cc(-c3ccc4ccccc4c3)n2)cc1. The Balaban J connectivity index is 0.941. The molecule has 3 aromatic heterocycles. The lowest BCUT2D eigenvalue weighted by molar-refractivity contribution is 0.669. The molecule has 12 aromatic rings. The fourth-order valence-corrected chi connectivity index (χ4v) is 8.46. The van der Waals surface area contributed by atoms with Gasteiger partial charge in [-0.25, -0.2) is 24.9 Å². The highest BCUT2D eigenvalue weighted by atomic mass is 16.3. The van der Waals surface area contributed by atoms with Gasteiger partial charge in [0.2, 0.25) is 0 Å². The number of hydrogen-bond acceptors (Lipinski definition) is 6. The molecule has 0 aliphatic carbocycles. The van der Waals surface area contributed by atoms with E-state index in [9.17, 15) is 0 Å². The van der Waals surface area contributed by atoms with Crippen molar-refractivity contribution in [2.24, 2.45) is 0 Å². The minimum atomic E-state index is 0.568. The summed E-state index contributed by atoms with van der Waals surface area (Å²) in [5, 5.41) is 6.81. The highest BCUT2D eigenvalue weighted by Crippen LogP contribution is 2.36. The van der Waals surface area contributed by atoms with Gasteiger partial charge in [0.25, 0.3) is 0 Å². The molecule has 63 heavy (non-hydrogen) atoms. The zero-order valence-corrected chi connectivity index (χ0v) is 33.9. The summed E-state index contributed by atoms with van der Waals surface area (Å²) in [4.78, 5) is 25.4. The van der Waals surface area contributed by atoms with Crippen molar-refractivity contribution >= 4 is 43.5 Å². The van der Waals surface area contributed by atoms with Crippen molar-refractivity contribution in [3.8, 4) is 79.2 Å². The summed E-state index contributed by atoms with van der Waals surface area (Å²) < 4.78 is 6.45. The van der Waals surface area contributed by atoms with Crippen molar-refractivity contribution in [3.63, 3.8) is 0 Å². The predicted octanol–water partition coefficient (Wildman–Crippen LogP) is 14.5. The summed E-state index contributed by atoms with van der Waals surface area (Å²) in [6, 6.07) is 73.0. The number of hydrogen-bond donors (Lipinski definition) is 0. The molecule has 0 spiro atoms. The van der Waals surface area contributed by atoms with Gasteiger partial charge < -0.3 is 4.42 Å². The van der Waals surface area contributed by atoms with Gasteiger partial charge in [0, 0.05) is 44.2 Å². The van der Waals surface area contributed by atoms with Crippen LogP contribution in [0.4, 0.5) is 0 Å². The Morgan fingerprint density at radius 1 is 0.238 bits per heavy atom. The summed E-state index contributed by atoms with van der Waals surface area (Å²) in [6.07, 6.45) is 0. The molecular formula is C57H35N5O. The Morgan fingerprint density at radius 3 is 1.35 bits per heavy atom. The smallest absolute Gasteiger partial charge is 0.164 e.